The van der Waals surface area contributed by atoms with Crippen LogP contribution in [0.1, 0.15) is 38.1 Å². The van der Waals surface area contributed by atoms with E-state index in [-0.39, 0.29) is 52.7 Å². The second-order valence-electron chi connectivity index (χ2n) is 11.8. The van der Waals surface area contributed by atoms with Gasteiger partial charge in [0.05, 0.1) is 45.1 Å². The molecule has 236 valence electrons. The van der Waals surface area contributed by atoms with Gasteiger partial charge in [-0.2, -0.15) is 4.31 Å². The summed E-state index contributed by atoms with van der Waals surface area (Å²) in [6.45, 7) is 11.8. The lowest BCUT2D eigenvalue weighted by molar-refractivity contribution is 0.267. The number of pyridine rings is 2. The number of halogens is 2. The van der Waals surface area contributed by atoms with Crippen LogP contribution < -0.4 is 15.4 Å². The number of sulfonamides is 1. The van der Waals surface area contributed by atoms with Gasteiger partial charge in [-0.1, -0.05) is 38.1 Å². The van der Waals surface area contributed by atoms with E-state index in [4.69, 9.17) is 16.6 Å². The number of phenolic OH excluding ortho intramolecular Hbond substituents is 1. The van der Waals surface area contributed by atoms with E-state index in [1.165, 1.54) is 33.4 Å². The predicted molar refractivity (Wildman–Crippen MR) is 174 cm³/mol. The molecule has 4 aromatic rings. The van der Waals surface area contributed by atoms with Gasteiger partial charge in [-0.25, -0.2) is 27.8 Å². The van der Waals surface area contributed by atoms with Crippen LogP contribution in [0.15, 0.2) is 47.4 Å². The quantitative estimate of drug-likeness (QED) is 0.330. The molecule has 2 unspecified atom stereocenters. The van der Waals surface area contributed by atoms with Gasteiger partial charge in [-0.15, -0.1) is 0 Å². The molecule has 14 heteroatoms. The summed E-state index contributed by atoms with van der Waals surface area (Å²) in [6.07, 6.45) is 1.45. The zero-order valence-electron chi connectivity index (χ0n) is 25.5. The Morgan fingerprint density at radius 2 is 1.89 bits per heavy atom. The Morgan fingerprint density at radius 1 is 1.16 bits per heavy atom. The summed E-state index contributed by atoms with van der Waals surface area (Å²) in [7, 11) is -1.91. The van der Waals surface area contributed by atoms with E-state index in [2.05, 4.69) is 16.5 Å². The number of benzene rings is 1. The molecule has 1 fully saturated rings. The highest BCUT2D eigenvalue weighted by Gasteiger charge is 2.43. The molecule has 5 heterocycles. The van der Waals surface area contributed by atoms with Crippen molar-refractivity contribution in [2.75, 3.05) is 36.5 Å². The van der Waals surface area contributed by atoms with E-state index in [9.17, 15) is 18.3 Å². The van der Waals surface area contributed by atoms with Crippen molar-refractivity contribution >= 4 is 44.0 Å². The van der Waals surface area contributed by atoms with E-state index < -0.39 is 27.4 Å². The predicted octanol–water partition coefficient (Wildman–Crippen LogP) is 4.57. The number of rotatable bonds is 5. The summed E-state index contributed by atoms with van der Waals surface area (Å²) in [5, 5.41) is 12.2. The number of aromatic hydroxyl groups is 1. The lowest BCUT2D eigenvalue weighted by atomic mass is 10.00. The highest BCUT2D eigenvalue weighted by atomic mass is 35.5. The van der Waals surface area contributed by atoms with Crippen molar-refractivity contribution in [3.05, 3.63) is 75.2 Å². The molecule has 1 N–H and O–H groups in total. The van der Waals surface area contributed by atoms with Crippen molar-refractivity contribution in [2.24, 2.45) is 0 Å². The molecular formula is C31H33ClFN7O4S. The zero-order chi connectivity index (χ0) is 32.5. The van der Waals surface area contributed by atoms with Crippen LogP contribution in [0.25, 0.3) is 28.0 Å². The summed E-state index contributed by atoms with van der Waals surface area (Å²) in [5.74, 6) is -1.18. The molecule has 1 saturated heterocycles. The lowest BCUT2D eigenvalue weighted by Crippen LogP contribution is -2.63. The zero-order valence-corrected chi connectivity index (χ0v) is 27.1. The second-order valence-corrected chi connectivity index (χ2v) is 14.1. The third-order valence-electron chi connectivity index (χ3n) is 8.56. The van der Waals surface area contributed by atoms with Crippen molar-refractivity contribution in [1.82, 2.24) is 23.8 Å². The number of likely N-dealkylation sites (N-methyl/N-ethyl adjacent to an activating group) is 1. The molecular weight excluding hydrogens is 621 g/mol. The fourth-order valence-electron chi connectivity index (χ4n) is 6.50. The highest BCUT2D eigenvalue weighted by molar-refractivity contribution is 7.92. The number of hydrogen-bond acceptors (Lipinski definition) is 9. The molecule has 2 aliphatic heterocycles. The van der Waals surface area contributed by atoms with E-state index in [0.717, 1.165) is 5.41 Å². The maximum atomic E-state index is 15.2. The third-order valence-corrected chi connectivity index (χ3v) is 10.4. The fraction of sp³-hybridized carbons (Fsp3) is 0.355. The molecule has 0 bridgehead atoms. The Bertz CT molecular complexity index is 2030. The normalized spacial score (nSPS) is 18.8. The minimum atomic E-state index is -3.70. The van der Waals surface area contributed by atoms with E-state index in [1.807, 2.05) is 30.6 Å². The van der Waals surface area contributed by atoms with Crippen LogP contribution in [0, 0.1) is 12.7 Å². The van der Waals surface area contributed by atoms with Gasteiger partial charge in [-0.3, -0.25) is 9.36 Å². The number of aryl methyl sites for hydroxylation is 1. The van der Waals surface area contributed by atoms with Gasteiger partial charge in [0, 0.05) is 43.5 Å². The molecule has 0 aliphatic carbocycles. The van der Waals surface area contributed by atoms with Gasteiger partial charge in [0.25, 0.3) is 5.56 Å². The number of aromatic nitrogens is 4. The maximum Gasteiger partial charge on any atom is 0.282 e. The lowest BCUT2D eigenvalue weighted by Gasteiger charge is -2.50. The largest absolute Gasteiger partial charge is 0.507 e. The van der Waals surface area contributed by atoms with Crippen molar-refractivity contribution < 1.29 is 17.9 Å². The van der Waals surface area contributed by atoms with Crippen LogP contribution in [-0.2, 0) is 10.0 Å². The molecule has 0 radical (unpaired) electrons. The van der Waals surface area contributed by atoms with Crippen LogP contribution >= 0.6 is 11.6 Å². The molecule has 0 spiro atoms. The van der Waals surface area contributed by atoms with Crippen LogP contribution in [0.2, 0.25) is 5.02 Å². The van der Waals surface area contributed by atoms with E-state index >= 15 is 4.39 Å². The van der Waals surface area contributed by atoms with Gasteiger partial charge in [0.1, 0.15) is 23.6 Å². The molecule has 0 amide bonds. The Balaban J connectivity index is 1.73. The topological polar surface area (TPSA) is 125 Å². The van der Waals surface area contributed by atoms with Gasteiger partial charge in [-0.05, 0) is 38.0 Å². The van der Waals surface area contributed by atoms with Crippen LogP contribution in [0.4, 0.5) is 15.8 Å². The molecule has 6 rings (SSSR count). The summed E-state index contributed by atoms with van der Waals surface area (Å²) in [4.78, 5) is 32.4. The minimum Gasteiger partial charge on any atom is -0.507 e. The first-order chi connectivity index (χ1) is 21.3. The van der Waals surface area contributed by atoms with Crippen molar-refractivity contribution in [3.63, 3.8) is 0 Å². The molecule has 45 heavy (non-hydrogen) atoms. The first-order valence-corrected chi connectivity index (χ1v) is 16.4. The average Bonchev–Trinajstić information content (AvgIpc) is 2.97. The van der Waals surface area contributed by atoms with Gasteiger partial charge in [0.15, 0.2) is 5.65 Å². The molecule has 11 nitrogen and oxygen atoms in total. The first kappa shape index (κ1) is 30.9. The number of piperazine rings is 1. The summed E-state index contributed by atoms with van der Waals surface area (Å²) in [6, 6.07) is 4.79. The van der Waals surface area contributed by atoms with Crippen LogP contribution in [-0.4, -0.2) is 76.1 Å². The fourth-order valence-corrected chi connectivity index (χ4v) is 7.89. The molecule has 0 saturated carbocycles. The van der Waals surface area contributed by atoms with Gasteiger partial charge >= 0.3 is 0 Å². The van der Waals surface area contributed by atoms with Crippen molar-refractivity contribution in [3.8, 4) is 22.7 Å². The summed E-state index contributed by atoms with van der Waals surface area (Å²) in [5.41, 5.74) is 2.07. The third kappa shape index (κ3) is 4.84. The first-order valence-electron chi connectivity index (χ1n) is 14.5. The maximum absolute atomic E-state index is 15.2. The smallest absolute Gasteiger partial charge is 0.282 e. The molecule has 2 atom stereocenters. The molecule has 1 aromatic carbocycles. The number of nitrogens with zero attached hydrogens (tertiary/aromatic N) is 7. The van der Waals surface area contributed by atoms with Crippen LogP contribution in [0.5, 0.6) is 5.75 Å². The van der Waals surface area contributed by atoms with Gasteiger partial charge < -0.3 is 14.9 Å². The average molecular weight is 654 g/mol. The van der Waals surface area contributed by atoms with E-state index in [0.29, 0.717) is 40.4 Å². The minimum absolute atomic E-state index is 0.0376. The number of phenols is 1. The summed E-state index contributed by atoms with van der Waals surface area (Å²) < 4.78 is 43.8. The van der Waals surface area contributed by atoms with E-state index in [1.54, 1.807) is 20.0 Å². The Kier molecular flexibility index (Phi) is 7.61. The van der Waals surface area contributed by atoms with Crippen molar-refractivity contribution in [2.45, 2.75) is 45.7 Å². The Labute approximate surface area is 265 Å². The highest BCUT2D eigenvalue weighted by Crippen LogP contribution is 2.44. The Morgan fingerprint density at radius 3 is 2.56 bits per heavy atom. The van der Waals surface area contributed by atoms with Gasteiger partial charge in [0.2, 0.25) is 10.0 Å². The number of hydrogen-bond donors (Lipinski definition) is 1. The standard InChI is InChI=1S/C31H33ClFN7O4S/c1-7-45(43,44)39-14-19-13-37(6)29-28(38(19)12-17(39)4)20-11-21(32)26(24-22(33)9-8-10-23(24)41)36-30(20)40(31(29)42)27-18(5)34-15-35-25(27)16(2)3/h7-11,15-17,19,41H,1,12-14H2,2-6H3. The summed E-state index contributed by atoms with van der Waals surface area (Å²) >= 11 is 6.83. The second kappa shape index (κ2) is 11.1. The monoisotopic (exact) mass is 653 g/mol. The van der Waals surface area contributed by atoms with Crippen molar-refractivity contribution in [1.29, 1.82) is 0 Å². The molecule has 3 aromatic heterocycles. The number of fused-ring (bicyclic) bond motifs is 5. The Hall–Kier alpha value is -4.07. The number of anilines is 2. The van der Waals surface area contributed by atoms with Crippen LogP contribution in [0.3, 0.4) is 0 Å². The molecule has 2 aliphatic rings. The SMILES string of the molecule is C=CS(=O)(=O)N1CC2CN(C)c3c(c4cc(Cl)c(-c5c(O)cccc5F)nc4n(-c4c(C)ncnc4C(C)C)c3=O)N2CC1C.